The van der Waals surface area contributed by atoms with Gasteiger partial charge in [-0.25, -0.2) is 8.42 Å². The van der Waals surface area contributed by atoms with Gasteiger partial charge < -0.3 is 9.35 Å². The molecule has 0 fully saturated rings. The van der Waals surface area contributed by atoms with Gasteiger partial charge in [-0.3, -0.25) is 0 Å². The fourth-order valence-electron chi connectivity index (χ4n) is 2.56. The van der Waals surface area contributed by atoms with Gasteiger partial charge in [-0.1, -0.05) is 48.2 Å². The number of alkyl halides is 3. The van der Waals surface area contributed by atoms with E-state index in [9.17, 15) is 18.0 Å². The predicted molar refractivity (Wildman–Crippen MR) is 129 cm³/mol. The van der Waals surface area contributed by atoms with Crippen LogP contribution in [0.2, 0.25) is 19.1 Å². The standard InChI is InChI=1S/C23H23OSSi.CHF3O3S/c1-26(2,24)19-9-10-20-15-17-23(18-16-20)25(21-11-5-3-6-12-21)22-13-7-4-8-14-22;2-1(3,4)8(5,6)7/h3-8,11-18,24H,19H2,1-2H3;(H,5,6,7)/q+1;/p-1. The number of halogens is 3. The highest BCUT2D eigenvalue weighted by Gasteiger charge is 2.37. The van der Waals surface area contributed by atoms with Crippen LogP contribution >= 0.6 is 0 Å². The summed E-state index contributed by atoms with van der Waals surface area (Å²) in [5, 5.41) is 0. The Labute approximate surface area is 201 Å². The van der Waals surface area contributed by atoms with E-state index in [0.29, 0.717) is 6.04 Å². The van der Waals surface area contributed by atoms with E-state index in [-0.39, 0.29) is 10.9 Å². The molecule has 0 aliphatic heterocycles. The Morgan fingerprint density at radius 1 is 0.853 bits per heavy atom. The van der Waals surface area contributed by atoms with Crippen LogP contribution < -0.4 is 0 Å². The van der Waals surface area contributed by atoms with Crippen LogP contribution in [0.3, 0.4) is 0 Å². The molecule has 0 heterocycles. The molecule has 0 bridgehead atoms. The molecule has 0 unspecified atom stereocenters. The van der Waals surface area contributed by atoms with Gasteiger partial charge in [0.25, 0.3) is 0 Å². The van der Waals surface area contributed by atoms with Gasteiger partial charge in [-0.05, 0) is 61.6 Å². The Morgan fingerprint density at radius 3 is 1.59 bits per heavy atom. The lowest BCUT2D eigenvalue weighted by Crippen LogP contribution is -2.23. The van der Waals surface area contributed by atoms with Crippen LogP contribution in [-0.4, -0.2) is 31.6 Å². The van der Waals surface area contributed by atoms with Gasteiger partial charge in [0.1, 0.15) is 0 Å². The van der Waals surface area contributed by atoms with E-state index in [1.165, 1.54) is 14.7 Å². The Kier molecular flexibility index (Phi) is 9.55. The molecule has 0 aliphatic rings. The smallest absolute Gasteiger partial charge is 0.485 e. The first kappa shape index (κ1) is 27.7. The summed E-state index contributed by atoms with van der Waals surface area (Å²) in [6.45, 7) is 3.83. The zero-order chi connectivity index (χ0) is 25.4. The summed E-state index contributed by atoms with van der Waals surface area (Å²) in [5.74, 6) is 6.29. The molecular formula is C24H23F3O4S2Si. The summed E-state index contributed by atoms with van der Waals surface area (Å²) < 4.78 is 58.9. The zero-order valence-corrected chi connectivity index (χ0v) is 21.0. The molecule has 0 saturated heterocycles. The van der Waals surface area contributed by atoms with E-state index in [2.05, 4.69) is 96.8 Å². The van der Waals surface area contributed by atoms with E-state index < -0.39 is 23.9 Å². The van der Waals surface area contributed by atoms with E-state index in [1.807, 2.05) is 13.1 Å². The largest absolute Gasteiger partial charge is 0.741 e. The van der Waals surface area contributed by atoms with E-state index >= 15 is 0 Å². The van der Waals surface area contributed by atoms with Gasteiger partial charge in [0.15, 0.2) is 33.1 Å². The fourth-order valence-corrected chi connectivity index (χ4v) is 5.16. The minimum atomic E-state index is -6.09. The van der Waals surface area contributed by atoms with Crippen molar-refractivity contribution in [1.82, 2.24) is 0 Å². The van der Waals surface area contributed by atoms with Crippen molar-refractivity contribution >= 4 is 29.3 Å². The lowest BCUT2D eigenvalue weighted by atomic mass is 10.2. The molecule has 0 aliphatic carbocycles. The number of hydrogen-bond acceptors (Lipinski definition) is 4. The Balaban J connectivity index is 0.000000440. The van der Waals surface area contributed by atoms with Crippen molar-refractivity contribution in [1.29, 1.82) is 0 Å². The lowest BCUT2D eigenvalue weighted by Gasteiger charge is -2.08. The van der Waals surface area contributed by atoms with E-state index in [0.717, 1.165) is 5.56 Å². The maximum atomic E-state index is 10.7. The predicted octanol–water partition coefficient (Wildman–Crippen LogP) is 5.38. The number of hydrogen-bond donors (Lipinski definition) is 1. The van der Waals surface area contributed by atoms with E-state index in [1.54, 1.807) is 0 Å². The zero-order valence-electron chi connectivity index (χ0n) is 18.4. The van der Waals surface area contributed by atoms with Crippen LogP contribution in [0.15, 0.2) is 99.6 Å². The van der Waals surface area contributed by atoms with Gasteiger partial charge in [-0.2, -0.15) is 13.2 Å². The second-order valence-electron chi connectivity index (χ2n) is 7.65. The molecule has 3 rings (SSSR count). The first-order chi connectivity index (χ1) is 15.8. The van der Waals surface area contributed by atoms with Gasteiger partial charge in [-0.15, -0.1) is 0 Å². The number of rotatable bonds is 4. The SMILES string of the molecule is C[Si](C)(O)CC#Cc1ccc([S+](c2ccccc2)c2ccccc2)cc1.O=S(=O)([O-])C(F)(F)F. The molecule has 3 aromatic carbocycles. The highest BCUT2D eigenvalue weighted by Crippen LogP contribution is 2.31. The van der Waals surface area contributed by atoms with E-state index in [4.69, 9.17) is 13.0 Å². The molecule has 0 radical (unpaired) electrons. The average molecular weight is 525 g/mol. The fraction of sp³-hybridized carbons (Fsp3) is 0.167. The van der Waals surface area contributed by atoms with Gasteiger partial charge in [0, 0.05) is 11.6 Å². The molecular weight excluding hydrogens is 501 g/mol. The van der Waals surface area contributed by atoms with Crippen LogP contribution in [0.4, 0.5) is 13.2 Å². The molecule has 0 amide bonds. The van der Waals surface area contributed by atoms with Gasteiger partial charge in [0.05, 0.1) is 10.9 Å². The number of benzene rings is 3. The molecule has 0 spiro atoms. The normalized spacial score (nSPS) is 11.8. The van der Waals surface area contributed by atoms with Crippen molar-refractivity contribution in [3.8, 4) is 11.8 Å². The van der Waals surface area contributed by atoms with Crippen molar-refractivity contribution < 1.29 is 30.9 Å². The second kappa shape index (κ2) is 11.7. The second-order valence-corrected chi connectivity index (χ2v) is 15.0. The molecule has 0 atom stereocenters. The molecule has 34 heavy (non-hydrogen) atoms. The lowest BCUT2D eigenvalue weighted by molar-refractivity contribution is -0.0517. The summed E-state index contributed by atoms with van der Waals surface area (Å²) in [5.41, 5.74) is -4.65. The highest BCUT2D eigenvalue weighted by molar-refractivity contribution is 7.97. The van der Waals surface area contributed by atoms with Crippen molar-refractivity contribution in [3.63, 3.8) is 0 Å². The third-order valence-corrected chi connectivity index (χ3v) is 7.92. The maximum absolute atomic E-state index is 10.7. The summed E-state index contributed by atoms with van der Waals surface area (Å²) in [4.78, 5) is 13.8. The van der Waals surface area contributed by atoms with Gasteiger partial charge >= 0.3 is 5.51 Å². The summed E-state index contributed by atoms with van der Waals surface area (Å²) in [6.07, 6.45) is 0. The molecule has 0 aromatic heterocycles. The molecule has 180 valence electrons. The van der Waals surface area contributed by atoms with Crippen LogP contribution in [0.5, 0.6) is 0 Å². The monoisotopic (exact) mass is 524 g/mol. The molecule has 0 saturated carbocycles. The Morgan fingerprint density at radius 2 is 1.24 bits per heavy atom. The van der Waals surface area contributed by atoms with Crippen molar-refractivity contribution in [2.75, 3.05) is 0 Å². The van der Waals surface area contributed by atoms with Crippen LogP contribution in [-0.2, 0) is 21.0 Å². The van der Waals surface area contributed by atoms with Crippen LogP contribution in [0.1, 0.15) is 5.56 Å². The minimum absolute atomic E-state index is 0.124. The Bertz CT molecular complexity index is 1180. The average Bonchev–Trinajstić information content (AvgIpc) is 2.75. The summed E-state index contributed by atoms with van der Waals surface area (Å²) >= 11 is 0. The molecule has 10 heteroatoms. The minimum Gasteiger partial charge on any atom is -0.741 e. The van der Waals surface area contributed by atoms with Crippen molar-refractivity contribution in [2.45, 2.75) is 39.3 Å². The third-order valence-electron chi connectivity index (χ3n) is 4.09. The summed E-state index contributed by atoms with van der Waals surface area (Å²) in [7, 11) is -8.31. The van der Waals surface area contributed by atoms with Crippen LogP contribution in [0, 0.1) is 11.8 Å². The van der Waals surface area contributed by atoms with Gasteiger partial charge in [0.2, 0.25) is 0 Å². The highest BCUT2D eigenvalue weighted by atomic mass is 32.2. The first-order valence-corrected chi connectivity index (χ1v) is 15.7. The van der Waals surface area contributed by atoms with Crippen molar-refractivity contribution in [3.05, 3.63) is 90.5 Å². The molecule has 3 aromatic rings. The first-order valence-electron chi connectivity index (χ1n) is 9.96. The quantitative estimate of drug-likeness (QED) is 0.163. The maximum Gasteiger partial charge on any atom is 0.485 e. The Hall–Kier alpha value is -2.55. The third kappa shape index (κ3) is 9.00. The molecule has 4 nitrogen and oxygen atoms in total. The molecule has 1 N–H and O–H groups in total. The van der Waals surface area contributed by atoms with Crippen molar-refractivity contribution in [2.24, 2.45) is 0 Å². The summed E-state index contributed by atoms with van der Waals surface area (Å²) in [6, 6.07) is 30.4. The van der Waals surface area contributed by atoms with Crippen LogP contribution in [0.25, 0.3) is 0 Å². The topological polar surface area (TPSA) is 77.4 Å².